The van der Waals surface area contributed by atoms with Crippen LogP contribution in [0.15, 0.2) is 12.1 Å². The van der Waals surface area contributed by atoms with Gasteiger partial charge in [-0.25, -0.2) is 0 Å². The first-order chi connectivity index (χ1) is 8.06. The van der Waals surface area contributed by atoms with Gasteiger partial charge in [0, 0.05) is 12.7 Å². The molecule has 0 aliphatic rings. The molecule has 1 N–H and O–H groups in total. The van der Waals surface area contributed by atoms with Crippen molar-refractivity contribution in [2.24, 2.45) is 0 Å². The van der Waals surface area contributed by atoms with E-state index in [-0.39, 0.29) is 6.10 Å². The smallest absolute Gasteiger partial charge is 0.127 e. The van der Waals surface area contributed by atoms with Crippen LogP contribution in [0.4, 0.5) is 0 Å². The molecule has 0 saturated carbocycles. The lowest BCUT2D eigenvalue weighted by Gasteiger charge is -2.23. The molecule has 0 amide bonds. The van der Waals surface area contributed by atoms with E-state index in [1.807, 2.05) is 32.9 Å². The van der Waals surface area contributed by atoms with Crippen LogP contribution < -0.4 is 4.74 Å². The SMILES string of the molecule is CCC(OC)C(O)c1ccc(C)c(C)c1OC. The van der Waals surface area contributed by atoms with Crippen LogP contribution >= 0.6 is 0 Å². The Morgan fingerprint density at radius 2 is 1.88 bits per heavy atom. The van der Waals surface area contributed by atoms with Crippen molar-refractivity contribution in [3.05, 3.63) is 28.8 Å². The van der Waals surface area contributed by atoms with E-state index in [2.05, 4.69) is 0 Å². The summed E-state index contributed by atoms with van der Waals surface area (Å²) in [5.74, 6) is 0.757. The topological polar surface area (TPSA) is 38.7 Å². The molecule has 0 aliphatic carbocycles. The van der Waals surface area contributed by atoms with Gasteiger partial charge in [-0.3, -0.25) is 0 Å². The molecule has 0 fully saturated rings. The maximum Gasteiger partial charge on any atom is 0.127 e. The van der Waals surface area contributed by atoms with E-state index < -0.39 is 6.10 Å². The molecule has 0 aliphatic heterocycles. The molecule has 1 aromatic carbocycles. The Balaban J connectivity index is 3.17. The van der Waals surface area contributed by atoms with Gasteiger partial charge in [0.25, 0.3) is 0 Å². The Morgan fingerprint density at radius 1 is 1.24 bits per heavy atom. The predicted molar refractivity (Wildman–Crippen MR) is 68.5 cm³/mol. The molecular formula is C14H22O3. The number of methoxy groups -OCH3 is 2. The van der Waals surface area contributed by atoms with Crippen molar-refractivity contribution in [2.75, 3.05) is 14.2 Å². The summed E-state index contributed by atoms with van der Waals surface area (Å²) < 4.78 is 10.7. The second-order valence-electron chi connectivity index (χ2n) is 4.26. The van der Waals surface area contributed by atoms with Gasteiger partial charge in [-0.05, 0) is 31.4 Å². The fourth-order valence-corrected chi connectivity index (χ4v) is 2.03. The molecule has 2 unspecified atom stereocenters. The van der Waals surface area contributed by atoms with Gasteiger partial charge >= 0.3 is 0 Å². The molecule has 0 saturated heterocycles. The quantitative estimate of drug-likeness (QED) is 0.857. The molecule has 0 heterocycles. The van der Waals surface area contributed by atoms with Crippen LogP contribution in [0.5, 0.6) is 5.75 Å². The van der Waals surface area contributed by atoms with Crippen molar-refractivity contribution in [2.45, 2.75) is 39.4 Å². The summed E-state index contributed by atoms with van der Waals surface area (Å²) in [6, 6.07) is 3.91. The summed E-state index contributed by atoms with van der Waals surface area (Å²) in [5, 5.41) is 10.3. The highest BCUT2D eigenvalue weighted by molar-refractivity contribution is 5.46. The van der Waals surface area contributed by atoms with Gasteiger partial charge in [-0.2, -0.15) is 0 Å². The highest BCUT2D eigenvalue weighted by atomic mass is 16.5. The maximum absolute atomic E-state index is 10.3. The third kappa shape index (κ3) is 2.79. The average Bonchev–Trinajstić information content (AvgIpc) is 2.33. The van der Waals surface area contributed by atoms with Gasteiger partial charge in [0.1, 0.15) is 11.9 Å². The zero-order valence-corrected chi connectivity index (χ0v) is 11.3. The van der Waals surface area contributed by atoms with Crippen LogP contribution in [0.1, 0.15) is 36.1 Å². The van der Waals surface area contributed by atoms with E-state index in [4.69, 9.17) is 9.47 Å². The van der Waals surface area contributed by atoms with Crippen molar-refractivity contribution in [1.82, 2.24) is 0 Å². The Morgan fingerprint density at radius 3 is 2.35 bits per heavy atom. The number of aryl methyl sites for hydroxylation is 1. The van der Waals surface area contributed by atoms with E-state index >= 15 is 0 Å². The van der Waals surface area contributed by atoms with Gasteiger partial charge < -0.3 is 14.6 Å². The van der Waals surface area contributed by atoms with Crippen molar-refractivity contribution in [1.29, 1.82) is 0 Å². The van der Waals surface area contributed by atoms with Crippen LogP contribution in [0.2, 0.25) is 0 Å². The Hall–Kier alpha value is -1.06. The van der Waals surface area contributed by atoms with Crippen molar-refractivity contribution in [3.8, 4) is 5.75 Å². The van der Waals surface area contributed by atoms with Crippen LogP contribution in [-0.2, 0) is 4.74 Å². The standard InChI is InChI=1S/C14H22O3/c1-6-12(16-4)13(15)11-8-7-9(2)10(3)14(11)17-5/h7-8,12-13,15H,6H2,1-5H3. The van der Waals surface area contributed by atoms with Crippen LogP contribution in [0.25, 0.3) is 0 Å². The summed E-state index contributed by atoms with van der Waals surface area (Å²) in [5.41, 5.74) is 3.02. The molecule has 0 aromatic heterocycles. The van der Waals surface area contributed by atoms with E-state index in [0.717, 1.165) is 28.9 Å². The first-order valence-electron chi connectivity index (χ1n) is 5.91. The molecule has 0 spiro atoms. The lowest BCUT2D eigenvalue weighted by molar-refractivity contribution is -0.0158. The van der Waals surface area contributed by atoms with Gasteiger partial charge in [-0.15, -0.1) is 0 Å². The third-order valence-electron chi connectivity index (χ3n) is 3.29. The molecule has 1 aromatic rings. The number of aliphatic hydroxyl groups excluding tert-OH is 1. The lowest BCUT2D eigenvalue weighted by atomic mass is 9.97. The minimum Gasteiger partial charge on any atom is -0.496 e. The number of benzene rings is 1. The van der Waals surface area contributed by atoms with Crippen molar-refractivity contribution >= 4 is 0 Å². The lowest BCUT2D eigenvalue weighted by Crippen LogP contribution is -2.20. The Kier molecular flexibility index (Phi) is 4.97. The van der Waals surface area contributed by atoms with E-state index in [0.29, 0.717) is 0 Å². The summed E-state index contributed by atoms with van der Waals surface area (Å²) in [6.45, 7) is 6.02. The highest BCUT2D eigenvalue weighted by Crippen LogP contribution is 2.33. The number of aliphatic hydroxyl groups is 1. The van der Waals surface area contributed by atoms with Gasteiger partial charge in [-0.1, -0.05) is 19.1 Å². The van der Waals surface area contributed by atoms with Crippen LogP contribution in [-0.4, -0.2) is 25.4 Å². The normalized spacial score (nSPS) is 14.5. The zero-order valence-electron chi connectivity index (χ0n) is 11.3. The fourth-order valence-electron chi connectivity index (χ4n) is 2.03. The maximum atomic E-state index is 10.3. The largest absolute Gasteiger partial charge is 0.496 e. The van der Waals surface area contributed by atoms with Crippen LogP contribution in [0.3, 0.4) is 0 Å². The number of ether oxygens (including phenoxy) is 2. The Bertz CT molecular complexity index is 370. The summed E-state index contributed by atoms with van der Waals surface area (Å²) in [4.78, 5) is 0. The molecule has 2 atom stereocenters. The predicted octanol–water partition coefficient (Wildman–Crippen LogP) is 2.77. The van der Waals surface area contributed by atoms with Gasteiger partial charge in [0.15, 0.2) is 0 Å². The highest BCUT2D eigenvalue weighted by Gasteiger charge is 2.23. The zero-order chi connectivity index (χ0) is 13.0. The second-order valence-corrected chi connectivity index (χ2v) is 4.26. The monoisotopic (exact) mass is 238 g/mol. The minimum absolute atomic E-state index is 0.203. The minimum atomic E-state index is -0.653. The van der Waals surface area contributed by atoms with E-state index in [1.54, 1.807) is 14.2 Å². The van der Waals surface area contributed by atoms with Gasteiger partial charge in [0.05, 0.1) is 13.2 Å². The second kappa shape index (κ2) is 6.03. The van der Waals surface area contributed by atoms with Crippen molar-refractivity contribution < 1.29 is 14.6 Å². The summed E-state index contributed by atoms with van der Waals surface area (Å²) in [7, 11) is 3.25. The molecule has 3 nitrogen and oxygen atoms in total. The first-order valence-corrected chi connectivity index (χ1v) is 5.91. The summed E-state index contributed by atoms with van der Waals surface area (Å²) in [6.07, 6.45) is -0.0986. The summed E-state index contributed by atoms with van der Waals surface area (Å²) >= 11 is 0. The molecule has 96 valence electrons. The molecule has 17 heavy (non-hydrogen) atoms. The average molecular weight is 238 g/mol. The molecule has 3 heteroatoms. The number of hydrogen-bond acceptors (Lipinski definition) is 3. The molecular weight excluding hydrogens is 216 g/mol. The molecule has 1 rings (SSSR count). The van der Waals surface area contributed by atoms with E-state index in [1.165, 1.54) is 0 Å². The van der Waals surface area contributed by atoms with Crippen molar-refractivity contribution in [3.63, 3.8) is 0 Å². The van der Waals surface area contributed by atoms with E-state index in [9.17, 15) is 5.11 Å². The van der Waals surface area contributed by atoms with Crippen LogP contribution in [0, 0.1) is 13.8 Å². The number of hydrogen-bond donors (Lipinski definition) is 1. The Labute approximate surface area is 103 Å². The molecule has 0 bridgehead atoms. The number of rotatable bonds is 5. The first kappa shape index (κ1) is 14.0. The third-order valence-corrected chi connectivity index (χ3v) is 3.29. The molecule has 0 radical (unpaired) electrons. The van der Waals surface area contributed by atoms with Gasteiger partial charge in [0.2, 0.25) is 0 Å². The fraction of sp³-hybridized carbons (Fsp3) is 0.571.